The highest BCUT2D eigenvalue weighted by Gasteiger charge is 1.95. The molecule has 6 heteroatoms. The minimum atomic E-state index is -0.641. The van der Waals surface area contributed by atoms with E-state index in [9.17, 15) is 4.79 Å². The minimum absolute atomic E-state index is 0.0862. The van der Waals surface area contributed by atoms with E-state index in [-0.39, 0.29) is 5.11 Å². The number of hydrogen-bond acceptors (Lipinski definition) is 4. The molecule has 1 amide bonds. The molecule has 0 aliphatic rings. The van der Waals surface area contributed by atoms with Crippen molar-refractivity contribution in [1.29, 1.82) is 0 Å². The fraction of sp³-hybridized carbons (Fsp3) is 0.333. The number of rotatable bonds is 4. The Kier molecular flexibility index (Phi) is 13.5. The van der Waals surface area contributed by atoms with Gasteiger partial charge in [-0.15, -0.1) is 13.2 Å². The van der Waals surface area contributed by atoms with Crippen LogP contribution in [-0.4, -0.2) is 31.5 Å². The van der Waals surface area contributed by atoms with Crippen molar-refractivity contribution in [2.24, 2.45) is 5.73 Å². The molecule has 0 aliphatic heterocycles. The predicted octanol–water partition coefficient (Wildman–Crippen LogP) is 0.961. The minimum Gasteiger partial charge on any atom is -0.453 e. The number of methoxy groups -OCH3 is 1. The third kappa shape index (κ3) is 19.1. The van der Waals surface area contributed by atoms with Crippen LogP contribution in [0.15, 0.2) is 25.3 Å². The van der Waals surface area contributed by atoms with Crippen LogP contribution in [0.3, 0.4) is 0 Å². The van der Waals surface area contributed by atoms with Gasteiger partial charge in [0.25, 0.3) is 0 Å². The standard InChI is InChI=1S/C6H10O.C3H6N2O2S/c1-3-5-7-6-4-2;1-7-3(6)5-2(4)8/h3-4H,1-2,5-6H2;1H3,(H3,4,5,6,8). The fourth-order valence-electron chi connectivity index (χ4n) is 0.386. The van der Waals surface area contributed by atoms with Crippen molar-refractivity contribution in [3.63, 3.8) is 0 Å². The third-order valence-electron chi connectivity index (χ3n) is 0.882. The number of thiocarbonyl (C=S) groups is 1. The van der Waals surface area contributed by atoms with E-state index in [1.807, 2.05) is 5.32 Å². The summed E-state index contributed by atoms with van der Waals surface area (Å²) in [7, 11) is 1.23. The first-order valence-electron chi connectivity index (χ1n) is 4.02. The predicted molar refractivity (Wildman–Crippen MR) is 63.5 cm³/mol. The number of alkyl carbamates (subject to hydrolysis) is 1. The molecule has 0 fully saturated rings. The van der Waals surface area contributed by atoms with E-state index in [0.717, 1.165) is 0 Å². The molecular weight excluding hydrogens is 216 g/mol. The average molecular weight is 232 g/mol. The Labute approximate surface area is 94.9 Å². The summed E-state index contributed by atoms with van der Waals surface area (Å²) in [6.07, 6.45) is 2.78. The van der Waals surface area contributed by atoms with Gasteiger partial charge in [0.1, 0.15) is 0 Å². The van der Waals surface area contributed by atoms with Crippen molar-refractivity contribution < 1.29 is 14.3 Å². The maximum Gasteiger partial charge on any atom is 0.413 e. The quantitative estimate of drug-likeness (QED) is 0.429. The summed E-state index contributed by atoms with van der Waals surface area (Å²) >= 11 is 4.30. The van der Waals surface area contributed by atoms with Gasteiger partial charge in [-0.25, -0.2) is 4.79 Å². The Hall–Kier alpha value is -1.40. The monoisotopic (exact) mass is 232 g/mol. The van der Waals surface area contributed by atoms with Crippen LogP contribution < -0.4 is 11.1 Å². The lowest BCUT2D eigenvalue weighted by atomic mass is 10.6. The second-order valence-electron chi connectivity index (χ2n) is 2.10. The Bertz CT molecular complexity index is 211. The van der Waals surface area contributed by atoms with Gasteiger partial charge in [0, 0.05) is 0 Å². The van der Waals surface area contributed by atoms with E-state index in [1.165, 1.54) is 7.11 Å². The Morgan fingerprint density at radius 2 is 1.93 bits per heavy atom. The van der Waals surface area contributed by atoms with E-state index in [4.69, 9.17) is 10.5 Å². The maximum absolute atomic E-state index is 10.1. The van der Waals surface area contributed by atoms with Crippen LogP contribution in [0.4, 0.5) is 4.79 Å². The van der Waals surface area contributed by atoms with Crippen LogP contribution in [0.1, 0.15) is 0 Å². The number of nitrogens with one attached hydrogen (secondary N) is 1. The second-order valence-corrected chi connectivity index (χ2v) is 2.54. The zero-order valence-electron chi connectivity index (χ0n) is 8.69. The van der Waals surface area contributed by atoms with Gasteiger partial charge >= 0.3 is 6.09 Å². The molecule has 0 atom stereocenters. The van der Waals surface area contributed by atoms with Gasteiger partial charge in [0.05, 0.1) is 20.3 Å². The van der Waals surface area contributed by atoms with Crippen molar-refractivity contribution in [3.05, 3.63) is 25.3 Å². The average Bonchev–Trinajstić information content (AvgIpc) is 2.18. The number of carbonyl (C=O) groups is 1. The Morgan fingerprint density at radius 3 is 2.13 bits per heavy atom. The van der Waals surface area contributed by atoms with Gasteiger partial charge < -0.3 is 15.2 Å². The zero-order valence-corrected chi connectivity index (χ0v) is 9.51. The lowest BCUT2D eigenvalue weighted by Crippen LogP contribution is -2.34. The first-order chi connectivity index (χ1) is 7.08. The van der Waals surface area contributed by atoms with Gasteiger partial charge in [-0.3, -0.25) is 5.32 Å². The smallest absolute Gasteiger partial charge is 0.413 e. The molecule has 15 heavy (non-hydrogen) atoms. The molecular formula is C9H16N2O3S. The third-order valence-corrected chi connectivity index (χ3v) is 0.984. The molecule has 86 valence electrons. The van der Waals surface area contributed by atoms with E-state index >= 15 is 0 Å². The van der Waals surface area contributed by atoms with Crippen molar-refractivity contribution in [3.8, 4) is 0 Å². The van der Waals surface area contributed by atoms with Gasteiger partial charge in [-0.05, 0) is 12.2 Å². The van der Waals surface area contributed by atoms with Gasteiger partial charge in [-0.2, -0.15) is 0 Å². The molecule has 3 N–H and O–H groups in total. The lowest BCUT2D eigenvalue weighted by Gasteiger charge is -1.96. The van der Waals surface area contributed by atoms with Gasteiger partial charge in [-0.1, -0.05) is 12.2 Å². The highest BCUT2D eigenvalue weighted by Crippen LogP contribution is 1.72. The summed E-state index contributed by atoms with van der Waals surface area (Å²) in [5.74, 6) is 0. The van der Waals surface area contributed by atoms with Crippen molar-refractivity contribution in [2.75, 3.05) is 20.3 Å². The highest BCUT2D eigenvalue weighted by atomic mass is 32.1. The van der Waals surface area contributed by atoms with Crippen LogP contribution >= 0.6 is 12.2 Å². The van der Waals surface area contributed by atoms with Crippen LogP contribution in [0.25, 0.3) is 0 Å². The number of hydrogen-bond donors (Lipinski definition) is 2. The summed E-state index contributed by atoms with van der Waals surface area (Å²) in [6.45, 7) is 8.18. The largest absolute Gasteiger partial charge is 0.453 e. The molecule has 0 rings (SSSR count). The molecule has 5 nitrogen and oxygen atoms in total. The van der Waals surface area contributed by atoms with E-state index < -0.39 is 6.09 Å². The molecule has 0 heterocycles. The summed E-state index contributed by atoms with van der Waals surface area (Å²) < 4.78 is 9.04. The summed E-state index contributed by atoms with van der Waals surface area (Å²) in [5, 5.41) is 1.95. The van der Waals surface area contributed by atoms with Gasteiger partial charge in [0.15, 0.2) is 5.11 Å². The van der Waals surface area contributed by atoms with E-state index in [0.29, 0.717) is 13.2 Å². The summed E-state index contributed by atoms with van der Waals surface area (Å²) in [6, 6.07) is 0. The fourth-order valence-corrected chi connectivity index (χ4v) is 0.470. The van der Waals surface area contributed by atoms with Crippen molar-refractivity contribution in [1.82, 2.24) is 5.32 Å². The van der Waals surface area contributed by atoms with E-state index in [1.54, 1.807) is 12.2 Å². The SMILES string of the molecule is C=CCOCC=C.COC(=O)NC(N)=S. The highest BCUT2D eigenvalue weighted by molar-refractivity contribution is 7.80. The molecule has 0 aromatic heterocycles. The van der Waals surface area contributed by atoms with Crippen molar-refractivity contribution in [2.45, 2.75) is 0 Å². The molecule has 0 radical (unpaired) electrons. The van der Waals surface area contributed by atoms with Gasteiger partial charge in [0.2, 0.25) is 0 Å². The number of nitrogens with two attached hydrogens (primary N) is 1. The maximum atomic E-state index is 10.1. The Balaban J connectivity index is 0. The topological polar surface area (TPSA) is 73.6 Å². The number of ether oxygens (including phenoxy) is 2. The lowest BCUT2D eigenvalue weighted by molar-refractivity contribution is 0.177. The molecule has 0 spiro atoms. The molecule has 0 aliphatic carbocycles. The molecule has 0 saturated heterocycles. The molecule has 0 unspecified atom stereocenters. The number of amides is 1. The number of carbonyl (C=O) groups excluding carboxylic acids is 1. The first kappa shape index (κ1) is 16.0. The molecule has 0 aromatic carbocycles. The van der Waals surface area contributed by atoms with Crippen molar-refractivity contribution >= 4 is 23.4 Å². The van der Waals surface area contributed by atoms with E-state index in [2.05, 4.69) is 30.1 Å². The van der Waals surface area contributed by atoms with Crippen LogP contribution in [0.2, 0.25) is 0 Å². The van der Waals surface area contributed by atoms with Crippen LogP contribution in [0.5, 0.6) is 0 Å². The molecule has 0 aromatic rings. The normalized spacial score (nSPS) is 7.80. The molecule has 0 saturated carbocycles. The second kappa shape index (κ2) is 12.6. The summed E-state index contributed by atoms with van der Waals surface area (Å²) in [4.78, 5) is 10.1. The molecule has 0 bridgehead atoms. The summed E-state index contributed by atoms with van der Waals surface area (Å²) in [5.41, 5.74) is 4.89. The first-order valence-corrected chi connectivity index (χ1v) is 4.43. The Morgan fingerprint density at radius 1 is 1.47 bits per heavy atom. The van der Waals surface area contributed by atoms with Crippen LogP contribution in [-0.2, 0) is 9.47 Å². The zero-order chi connectivity index (χ0) is 12.1. The van der Waals surface area contributed by atoms with Crippen LogP contribution in [0, 0.1) is 0 Å².